The van der Waals surface area contributed by atoms with E-state index in [2.05, 4.69) is 4.52 Å². The lowest BCUT2D eigenvalue weighted by Crippen LogP contribution is -2.06. The van der Waals surface area contributed by atoms with Gasteiger partial charge in [0.25, 0.3) is 0 Å². The number of rotatable bonds is 4. The van der Waals surface area contributed by atoms with Gasteiger partial charge in [-0.2, -0.15) is 0 Å². The first-order chi connectivity index (χ1) is 9.46. The van der Waals surface area contributed by atoms with Crippen molar-refractivity contribution < 1.29 is 23.3 Å². The summed E-state index contributed by atoms with van der Waals surface area (Å²) in [5.41, 5.74) is 1.15. The molecule has 2 rings (SSSR count). The molecular weight excluding hydrogens is 279 g/mol. The van der Waals surface area contributed by atoms with E-state index in [0.717, 1.165) is 5.56 Å². The Morgan fingerprint density at radius 2 is 1.65 bits per heavy atom. The van der Waals surface area contributed by atoms with Gasteiger partial charge in [0.15, 0.2) is 0 Å². The van der Waals surface area contributed by atoms with E-state index < -0.39 is 13.8 Å². The molecule has 0 aliphatic rings. The van der Waals surface area contributed by atoms with E-state index >= 15 is 0 Å². The van der Waals surface area contributed by atoms with Crippen molar-refractivity contribution in [3.05, 3.63) is 65.7 Å². The Morgan fingerprint density at radius 3 is 2.25 bits per heavy atom. The highest BCUT2D eigenvalue weighted by molar-refractivity contribution is 7.48. The van der Waals surface area contributed by atoms with Crippen LogP contribution in [-0.2, 0) is 9.09 Å². The average molecular weight is 292 g/mol. The van der Waals surface area contributed by atoms with E-state index in [9.17, 15) is 14.3 Å². The van der Waals surface area contributed by atoms with Gasteiger partial charge < -0.3 is 9.05 Å². The van der Waals surface area contributed by atoms with E-state index in [-0.39, 0.29) is 11.3 Å². The second-order valence-corrected chi connectivity index (χ2v) is 5.42. The Bertz CT molecular complexity index is 636. The number of hydrogen-bond acceptors (Lipinski definition) is 4. The second-order valence-electron chi connectivity index (χ2n) is 4.12. The van der Waals surface area contributed by atoms with Crippen molar-refractivity contribution in [2.75, 3.05) is 0 Å². The number of carbonyl (C=O) groups excluding carboxylic acids is 1. The molecule has 0 spiro atoms. The van der Waals surface area contributed by atoms with Crippen LogP contribution >= 0.6 is 7.82 Å². The summed E-state index contributed by atoms with van der Waals surface area (Å²) in [7, 11) is -4.50. The van der Waals surface area contributed by atoms with Gasteiger partial charge in [-0.05, 0) is 31.2 Å². The first-order valence-corrected chi connectivity index (χ1v) is 7.34. The fourth-order valence-corrected chi connectivity index (χ4v) is 2.22. The van der Waals surface area contributed by atoms with Crippen molar-refractivity contribution >= 4 is 13.8 Å². The number of para-hydroxylation sites is 1. The largest absolute Gasteiger partial charge is 0.587 e. The molecule has 0 saturated carbocycles. The molecule has 0 aromatic heterocycles. The molecule has 2 aromatic rings. The molecule has 1 atom stereocenters. The van der Waals surface area contributed by atoms with Crippen LogP contribution in [0.25, 0.3) is 0 Å². The highest BCUT2D eigenvalue weighted by atomic mass is 31.2. The molecule has 0 aliphatic carbocycles. The molecule has 0 heterocycles. The summed E-state index contributed by atoms with van der Waals surface area (Å²) in [4.78, 5) is 21.3. The maximum absolute atomic E-state index is 11.7. The Morgan fingerprint density at radius 1 is 1.05 bits per heavy atom. The normalized spacial score (nSPS) is 13.3. The summed E-state index contributed by atoms with van der Waals surface area (Å²) in [6.07, 6.45) is 0. The average Bonchev–Trinajstić information content (AvgIpc) is 2.39. The molecule has 20 heavy (non-hydrogen) atoms. The van der Waals surface area contributed by atoms with Crippen LogP contribution in [0.3, 0.4) is 0 Å². The van der Waals surface area contributed by atoms with Gasteiger partial charge in [0.1, 0.15) is 5.75 Å². The van der Waals surface area contributed by atoms with E-state index in [1.165, 1.54) is 24.3 Å². The highest BCUT2D eigenvalue weighted by Gasteiger charge is 2.28. The molecular formula is C14H13O5P. The molecule has 6 heteroatoms. The van der Waals surface area contributed by atoms with Gasteiger partial charge in [-0.15, -0.1) is 0 Å². The Kier molecular flexibility index (Phi) is 4.23. The molecule has 0 radical (unpaired) electrons. The van der Waals surface area contributed by atoms with Crippen molar-refractivity contribution in [1.82, 2.24) is 0 Å². The van der Waals surface area contributed by atoms with Crippen molar-refractivity contribution in [2.45, 2.75) is 6.92 Å². The zero-order valence-electron chi connectivity index (χ0n) is 10.7. The number of carbonyl (C=O) groups is 1. The zero-order chi connectivity index (χ0) is 14.6. The summed E-state index contributed by atoms with van der Waals surface area (Å²) in [6, 6.07) is 14.4. The SMILES string of the molecule is Cc1ccc(C(=O)OP(=O)(O)Oc2ccccc2)cc1. The van der Waals surface area contributed by atoms with Crippen LogP contribution in [0.1, 0.15) is 15.9 Å². The summed E-state index contributed by atoms with van der Waals surface area (Å²) in [6.45, 7) is 1.87. The van der Waals surface area contributed by atoms with Gasteiger partial charge in [-0.25, -0.2) is 9.36 Å². The quantitative estimate of drug-likeness (QED) is 0.875. The summed E-state index contributed by atoms with van der Waals surface area (Å²) in [5.74, 6) is -0.762. The van der Waals surface area contributed by atoms with E-state index in [1.807, 2.05) is 6.92 Å². The molecule has 0 fully saturated rings. The molecule has 1 N–H and O–H groups in total. The van der Waals surface area contributed by atoms with Crippen molar-refractivity contribution in [2.24, 2.45) is 0 Å². The van der Waals surface area contributed by atoms with Gasteiger partial charge >= 0.3 is 13.8 Å². The molecule has 104 valence electrons. The lowest BCUT2D eigenvalue weighted by Gasteiger charge is -2.12. The predicted octanol–water partition coefficient (Wildman–Crippen LogP) is 3.33. The van der Waals surface area contributed by atoms with Gasteiger partial charge in [-0.3, -0.25) is 4.89 Å². The molecule has 2 aromatic carbocycles. The van der Waals surface area contributed by atoms with Crippen molar-refractivity contribution in [3.8, 4) is 5.75 Å². The van der Waals surface area contributed by atoms with Gasteiger partial charge in [-0.1, -0.05) is 35.9 Å². The third-order valence-corrected chi connectivity index (χ3v) is 3.29. The lowest BCUT2D eigenvalue weighted by molar-refractivity contribution is 0.0683. The first-order valence-electron chi connectivity index (χ1n) is 5.84. The van der Waals surface area contributed by atoms with Gasteiger partial charge in [0.05, 0.1) is 5.56 Å². The fraction of sp³-hybridized carbons (Fsp3) is 0.0714. The van der Waals surface area contributed by atoms with Crippen LogP contribution in [0.15, 0.2) is 54.6 Å². The smallest absolute Gasteiger partial charge is 0.395 e. The van der Waals surface area contributed by atoms with Crippen LogP contribution in [0.2, 0.25) is 0 Å². The zero-order valence-corrected chi connectivity index (χ0v) is 11.6. The topological polar surface area (TPSA) is 72.8 Å². The molecule has 0 aliphatic heterocycles. The monoisotopic (exact) mass is 292 g/mol. The maximum atomic E-state index is 11.7. The van der Waals surface area contributed by atoms with Crippen LogP contribution in [0.5, 0.6) is 5.75 Å². The highest BCUT2D eigenvalue weighted by Crippen LogP contribution is 2.44. The summed E-state index contributed by atoms with van der Waals surface area (Å²) < 4.78 is 21.0. The van der Waals surface area contributed by atoms with E-state index in [1.54, 1.807) is 30.3 Å². The minimum atomic E-state index is -4.50. The van der Waals surface area contributed by atoms with Crippen LogP contribution < -0.4 is 4.52 Å². The Labute approximate surface area is 116 Å². The third-order valence-electron chi connectivity index (χ3n) is 2.45. The first kappa shape index (κ1) is 14.3. The summed E-state index contributed by atoms with van der Waals surface area (Å²) in [5, 5.41) is 0. The van der Waals surface area contributed by atoms with Crippen LogP contribution in [0, 0.1) is 6.92 Å². The molecule has 0 amide bonds. The number of phosphoric ester groups is 1. The van der Waals surface area contributed by atoms with E-state index in [4.69, 9.17) is 4.52 Å². The fourth-order valence-electron chi connectivity index (χ4n) is 1.48. The van der Waals surface area contributed by atoms with Crippen molar-refractivity contribution in [1.29, 1.82) is 0 Å². The van der Waals surface area contributed by atoms with Gasteiger partial charge in [0.2, 0.25) is 0 Å². The number of hydrogen-bond donors (Lipinski definition) is 1. The number of phosphoric acid groups is 1. The number of benzene rings is 2. The molecule has 1 unspecified atom stereocenters. The maximum Gasteiger partial charge on any atom is 0.587 e. The van der Waals surface area contributed by atoms with E-state index in [0.29, 0.717) is 0 Å². The summed E-state index contributed by atoms with van der Waals surface area (Å²) >= 11 is 0. The molecule has 0 bridgehead atoms. The van der Waals surface area contributed by atoms with Crippen LogP contribution in [-0.4, -0.2) is 10.9 Å². The predicted molar refractivity (Wildman–Crippen MR) is 73.5 cm³/mol. The van der Waals surface area contributed by atoms with Gasteiger partial charge in [0, 0.05) is 0 Å². The Hall–Kier alpha value is -2.10. The minimum Gasteiger partial charge on any atom is -0.395 e. The third kappa shape index (κ3) is 3.95. The minimum absolute atomic E-state index is 0.148. The standard InChI is InChI=1S/C14H13O5P/c1-11-7-9-12(10-8-11)14(15)19-20(16,17)18-13-5-3-2-4-6-13/h2-10H,1H3,(H,16,17). The van der Waals surface area contributed by atoms with Crippen LogP contribution in [0.4, 0.5) is 0 Å². The Balaban J connectivity index is 2.06. The lowest BCUT2D eigenvalue weighted by atomic mass is 10.2. The second kappa shape index (κ2) is 5.90. The molecule has 5 nitrogen and oxygen atoms in total. The van der Waals surface area contributed by atoms with Crippen molar-refractivity contribution in [3.63, 3.8) is 0 Å². The number of aryl methyl sites for hydroxylation is 1. The molecule has 0 saturated heterocycles.